The van der Waals surface area contributed by atoms with E-state index >= 15 is 0 Å². The lowest BCUT2D eigenvalue weighted by atomic mass is 10.1. The number of benzene rings is 1. The van der Waals surface area contributed by atoms with Crippen molar-refractivity contribution in [2.45, 2.75) is 6.54 Å². The topological polar surface area (TPSA) is 92.5 Å². The first kappa shape index (κ1) is 10.8. The van der Waals surface area contributed by atoms with E-state index < -0.39 is 0 Å². The minimum atomic E-state index is -0.201. The average molecular weight is 243 g/mol. The van der Waals surface area contributed by atoms with E-state index in [4.69, 9.17) is 5.73 Å². The molecule has 0 radical (unpaired) electrons. The quantitative estimate of drug-likeness (QED) is 0.619. The summed E-state index contributed by atoms with van der Waals surface area (Å²) >= 11 is 0. The van der Waals surface area contributed by atoms with Gasteiger partial charge in [0.2, 0.25) is 0 Å². The van der Waals surface area contributed by atoms with Gasteiger partial charge in [-0.25, -0.2) is 4.79 Å². The molecule has 0 aliphatic rings. The number of nitrogens with one attached hydrogen (secondary N) is 2. The van der Waals surface area contributed by atoms with Gasteiger partial charge in [-0.05, 0) is 17.7 Å². The van der Waals surface area contributed by atoms with Crippen LogP contribution < -0.4 is 11.4 Å². The van der Waals surface area contributed by atoms with Gasteiger partial charge >= 0.3 is 5.69 Å². The number of hydrogen-bond donors (Lipinski definition) is 3. The van der Waals surface area contributed by atoms with Crippen LogP contribution in [-0.4, -0.2) is 19.7 Å². The van der Waals surface area contributed by atoms with Crippen LogP contribution in [0.25, 0.3) is 22.2 Å². The maximum absolute atomic E-state index is 11.2. The molecule has 3 aromatic rings. The molecule has 18 heavy (non-hydrogen) atoms. The van der Waals surface area contributed by atoms with Crippen molar-refractivity contribution in [2.75, 3.05) is 0 Å². The second-order valence-electron chi connectivity index (χ2n) is 4.21. The van der Waals surface area contributed by atoms with Crippen molar-refractivity contribution >= 4 is 11.0 Å². The molecule has 0 saturated carbocycles. The average Bonchev–Trinajstić information content (AvgIpc) is 2.89. The number of imidazole rings is 1. The summed E-state index contributed by atoms with van der Waals surface area (Å²) in [7, 11) is 1.86. The highest BCUT2D eigenvalue weighted by atomic mass is 16.1. The van der Waals surface area contributed by atoms with Gasteiger partial charge in [0.1, 0.15) is 0 Å². The Morgan fingerprint density at radius 3 is 2.89 bits per heavy atom. The minimum Gasteiger partial charge on any atom is -0.325 e. The maximum Gasteiger partial charge on any atom is 0.323 e. The molecule has 0 atom stereocenters. The zero-order valence-corrected chi connectivity index (χ0v) is 9.90. The van der Waals surface area contributed by atoms with Crippen molar-refractivity contribution in [3.8, 4) is 11.1 Å². The summed E-state index contributed by atoms with van der Waals surface area (Å²) in [6, 6.07) is 5.74. The Balaban J connectivity index is 2.21. The highest BCUT2D eigenvalue weighted by molar-refractivity contribution is 5.81. The van der Waals surface area contributed by atoms with Crippen molar-refractivity contribution in [1.29, 1.82) is 0 Å². The second kappa shape index (κ2) is 3.85. The number of fused-ring (bicyclic) bond motifs is 1. The standard InChI is InChI=1S/C12H13N5O/c1-17-6-8(11(5-13)16-17)7-2-3-9-10(4-7)15-12(18)14-9/h2-4,6H,5,13H2,1H3,(H2,14,15,18). The monoisotopic (exact) mass is 243 g/mol. The fourth-order valence-electron chi connectivity index (χ4n) is 2.13. The number of rotatable bonds is 2. The summed E-state index contributed by atoms with van der Waals surface area (Å²) in [4.78, 5) is 16.7. The number of aromatic nitrogens is 4. The molecule has 0 aliphatic carbocycles. The van der Waals surface area contributed by atoms with Crippen molar-refractivity contribution in [2.24, 2.45) is 12.8 Å². The Morgan fingerprint density at radius 2 is 2.11 bits per heavy atom. The molecule has 6 heteroatoms. The van der Waals surface area contributed by atoms with E-state index in [9.17, 15) is 4.79 Å². The number of nitrogens with zero attached hydrogens (tertiary/aromatic N) is 2. The number of hydrogen-bond acceptors (Lipinski definition) is 3. The summed E-state index contributed by atoms with van der Waals surface area (Å²) in [5, 5.41) is 4.30. The Hall–Kier alpha value is -2.34. The SMILES string of the molecule is Cn1cc(-c2ccc3[nH]c(=O)[nH]c3c2)c(CN)n1. The molecule has 1 aromatic carbocycles. The molecular weight excluding hydrogens is 230 g/mol. The van der Waals surface area contributed by atoms with Crippen LogP contribution in [0.15, 0.2) is 29.2 Å². The van der Waals surface area contributed by atoms with Crippen LogP contribution in [0.2, 0.25) is 0 Å². The van der Waals surface area contributed by atoms with E-state index in [-0.39, 0.29) is 5.69 Å². The van der Waals surface area contributed by atoms with Gasteiger partial charge in [0.05, 0.1) is 16.7 Å². The molecule has 4 N–H and O–H groups in total. The molecule has 0 fully saturated rings. The van der Waals surface area contributed by atoms with Crippen LogP contribution in [0, 0.1) is 0 Å². The molecule has 92 valence electrons. The summed E-state index contributed by atoms with van der Waals surface area (Å²) in [6.07, 6.45) is 1.92. The van der Waals surface area contributed by atoms with Crippen LogP contribution in [0.3, 0.4) is 0 Å². The molecule has 0 saturated heterocycles. The Morgan fingerprint density at radius 1 is 1.33 bits per heavy atom. The Bertz CT molecular complexity index is 764. The van der Waals surface area contributed by atoms with E-state index in [1.807, 2.05) is 31.4 Å². The van der Waals surface area contributed by atoms with E-state index in [2.05, 4.69) is 15.1 Å². The summed E-state index contributed by atoms with van der Waals surface area (Å²) in [5.41, 5.74) is 9.88. The van der Waals surface area contributed by atoms with Crippen molar-refractivity contribution < 1.29 is 0 Å². The van der Waals surface area contributed by atoms with Gasteiger partial charge in [-0.1, -0.05) is 6.07 Å². The third-order valence-corrected chi connectivity index (χ3v) is 2.93. The summed E-state index contributed by atoms with van der Waals surface area (Å²) < 4.78 is 1.74. The Labute approximate surface area is 102 Å². The van der Waals surface area contributed by atoms with E-state index in [1.165, 1.54) is 0 Å². The highest BCUT2D eigenvalue weighted by Crippen LogP contribution is 2.24. The van der Waals surface area contributed by atoms with Gasteiger partial charge < -0.3 is 15.7 Å². The lowest BCUT2D eigenvalue weighted by Crippen LogP contribution is -1.99. The number of aromatic amines is 2. The molecule has 6 nitrogen and oxygen atoms in total. The first-order valence-electron chi connectivity index (χ1n) is 5.62. The maximum atomic E-state index is 11.2. The van der Waals surface area contributed by atoms with E-state index in [0.29, 0.717) is 6.54 Å². The predicted molar refractivity (Wildman–Crippen MR) is 69.0 cm³/mol. The summed E-state index contributed by atoms with van der Waals surface area (Å²) in [5.74, 6) is 0. The second-order valence-corrected chi connectivity index (χ2v) is 4.21. The van der Waals surface area contributed by atoms with Crippen LogP contribution >= 0.6 is 0 Å². The van der Waals surface area contributed by atoms with Gasteiger partial charge in [0, 0.05) is 25.4 Å². The zero-order chi connectivity index (χ0) is 12.7. The van der Waals surface area contributed by atoms with Crippen molar-refractivity contribution in [3.63, 3.8) is 0 Å². The normalized spacial score (nSPS) is 11.2. The third-order valence-electron chi connectivity index (χ3n) is 2.93. The lowest BCUT2D eigenvalue weighted by molar-refractivity contribution is 0.742. The fraction of sp³-hybridized carbons (Fsp3) is 0.167. The van der Waals surface area contributed by atoms with E-state index in [1.54, 1.807) is 4.68 Å². The third kappa shape index (κ3) is 1.63. The van der Waals surface area contributed by atoms with Crippen molar-refractivity contribution in [1.82, 2.24) is 19.7 Å². The van der Waals surface area contributed by atoms with Crippen molar-refractivity contribution in [3.05, 3.63) is 40.6 Å². The Kier molecular flexibility index (Phi) is 2.31. The highest BCUT2D eigenvalue weighted by Gasteiger charge is 2.09. The largest absolute Gasteiger partial charge is 0.325 e. The van der Waals surface area contributed by atoms with E-state index in [0.717, 1.165) is 27.9 Å². The molecule has 0 unspecified atom stereocenters. The lowest BCUT2D eigenvalue weighted by Gasteiger charge is -2.00. The summed E-state index contributed by atoms with van der Waals surface area (Å²) in [6.45, 7) is 0.387. The van der Waals surface area contributed by atoms with Gasteiger partial charge in [-0.3, -0.25) is 4.68 Å². The molecule has 0 bridgehead atoms. The smallest absolute Gasteiger partial charge is 0.323 e. The molecular formula is C12H13N5O. The first-order chi connectivity index (χ1) is 8.67. The minimum absolute atomic E-state index is 0.201. The molecule has 0 amide bonds. The molecule has 2 aromatic heterocycles. The number of aryl methyl sites for hydroxylation is 1. The van der Waals surface area contributed by atoms with Gasteiger partial charge in [0.15, 0.2) is 0 Å². The van der Waals surface area contributed by atoms with Crippen LogP contribution in [0.1, 0.15) is 5.69 Å². The van der Waals surface area contributed by atoms with Crippen LogP contribution in [-0.2, 0) is 13.6 Å². The van der Waals surface area contributed by atoms with Gasteiger partial charge in [-0.15, -0.1) is 0 Å². The van der Waals surface area contributed by atoms with Crippen LogP contribution in [0.4, 0.5) is 0 Å². The number of H-pyrrole nitrogens is 2. The van der Waals surface area contributed by atoms with Gasteiger partial charge in [0.25, 0.3) is 0 Å². The first-order valence-corrected chi connectivity index (χ1v) is 5.62. The predicted octanol–water partition coefficient (Wildman–Crippen LogP) is 0.715. The molecule has 0 spiro atoms. The number of nitrogens with two attached hydrogens (primary N) is 1. The molecule has 3 rings (SSSR count). The zero-order valence-electron chi connectivity index (χ0n) is 9.90. The van der Waals surface area contributed by atoms with Crippen LogP contribution in [0.5, 0.6) is 0 Å². The molecule has 0 aliphatic heterocycles. The van der Waals surface area contributed by atoms with Gasteiger partial charge in [-0.2, -0.15) is 5.10 Å². The fourth-order valence-corrected chi connectivity index (χ4v) is 2.13. The molecule has 2 heterocycles.